The number of halogens is 1. The Hall–Kier alpha value is -1.85. The van der Waals surface area contributed by atoms with Crippen LogP contribution in [0.25, 0.3) is 0 Å². The van der Waals surface area contributed by atoms with Crippen molar-refractivity contribution in [3.63, 3.8) is 0 Å². The van der Waals surface area contributed by atoms with Crippen LogP contribution in [0.1, 0.15) is 18.5 Å². The van der Waals surface area contributed by atoms with Gasteiger partial charge in [0.15, 0.2) is 0 Å². The highest BCUT2D eigenvalue weighted by Crippen LogP contribution is 2.21. The van der Waals surface area contributed by atoms with Crippen molar-refractivity contribution in [3.8, 4) is 0 Å². The molecule has 0 aromatic carbocycles. The molecule has 0 aliphatic rings. The summed E-state index contributed by atoms with van der Waals surface area (Å²) in [5.74, 6) is 0.789. The normalized spacial score (nSPS) is 12.0. The van der Waals surface area contributed by atoms with E-state index in [1.165, 1.54) is 0 Å². The zero-order valence-electron chi connectivity index (χ0n) is 12.1. The van der Waals surface area contributed by atoms with Crippen molar-refractivity contribution >= 4 is 23.1 Å². The summed E-state index contributed by atoms with van der Waals surface area (Å²) in [6.07, 6.45) is 3.47. The molecule has 5 nitrogen and oxygen atoms in total. The Labute approximate surface area is 129 Å². The summed E-state index contributed by atoms with van der Waals surface area (Å²) in [6.45, 7) is 2.75. The number of hydrogen-bond donors (Lipinski definition) is 2. The summed E-state index contributed by atoms with van der Waals surface area (Å²) in [5.41, 5.74) is 2.02. The fourth-order valence-corrected chi connectivity index (χ4v) is 2.15. The van der Waals surface area contributed by atoms with Crippen LogP contribution in [0, 0.1) is 0 Å². The molecule has 2 N–H and O–H groups in total. The molecule has 2 aromatic rings. The number of aliphatic hydroxyl groups excluding tert-OH is 1. The van der Waals surface area contributed by atoms with Gasteiger partial charge in [0.2, 0.25) is 0 Å². The topological polar surface area (TPSA) is 61.3 Å². The van der Waals surface area contributed by atoms with Crippen molar-refractivity contribution in [1.29, 1.82) is 0 Å². The third-order valence-electron chi connectivity index (χ3n) is 3.24. The van der Waals surface area contributed by atoms with E-state index in [-0.39, 0.29) is 12.6 Å². The second-order valence-electron chi connectivity index (χ2n) is 4.82. The molecule has 0 amide bonds. The van der Waals surface area contributed by atoms with Crippen molar-refractivity contribution in [1.82, 2.24) is 9.97 Å². The first-order chi connectivity index (χ1) is 10.1. The molecule has 0 spiro atoms. The van der Waals surface area contributed by atoms with Gasteiger partial charge in [0.05, 0.1) is 24.5 Å². The van der Waals surface area contributed by atoms with E-state index >= 15 is 0 Å². The van der Waals surface area contributed by atoms with Crippen LogP contribution in [0.15, 0.2) is 36.7 Å². The third kappa shape index (κ3) is 4.31. The summed E-state index contributed by atoms with van der Waals surface area (Å²) in [4.78, 5) is 10.3. The molecule has 2 aromatic heterocycles. The molecule has 2 heterocycles. The Morgan fingerprint density at radius 3 is 2.76 bits per heavy atom. The molecule has 0 bridgehead atoms. The maximum absolute atomic E-state index is 8.93. The van der Waals surface area contributed by atoms with Gasteiger partial charge < -0.3 is 15.3 Å². The Morgan fingerprint density at radius 1 is 1.33 bits per heavy atom. The number of nitrogens with zero attached hydrogens (tertiary/aromatic N) is 3. The van der Waals surface area contributed by atoms with E-state index in [0.29, 0.717) is 11.7 Å². The quantitative estimate of drug-likeness (QED) is 0.804. The zero-order valence-corrected chi connectivity index (χ0v) is 12.9. The Morgan fingerprint density at radius 2 is 2.14 bits per heavy atom. The average Bonchev–Trinajstić information content (AvgIpc) is 2.48. The molecule has 2 rings (SSSR count). The van der Waals surface area contributed by atoms with Gasteiger partial charge in [0.25, 0.3) is 0 Å². The molecule has 0 aliphatic heterocycles. The Bertz CT molecular complexity index is 576. The van der Waals surface area contributed by atoms with Crippen LogP contribution in [-0.2, 0) is 0 Å². The van der Waals surface area contributed by atoms with Gasteiger partial charge in [-0.25, -0.2) is 9.97 Å². The first-order valence-corrected chi connectivity index (χ1v) is 7.14. The van der Waals surface area contributed by atoms with Gasteiger partial charge in [-0.2, -0.15) is 0 Å². The standard InChI is InChI=1S/C15H19ClN4O/c1-11(12-5-6-17-14(16)9-12)19-15-4-3-13(10-18-15)20(2)7-8-21/h3-6,9-11,21H,7-8H2,1-2H3,(H,18,19). The van der Waals surface area contributed by atoms with Gasteiger partial charge in [0.1, 0.15) is 11.0 Å². The molecule has 21 heavy (non-hydrogen) atoms. The fraction of sp³-hybridized carbons (Fsp3) is 0.333. The lowest BCUT2D eigenvalue weighted by Gasteiger charge is -2.19. The number of hydrogen-bond acceptors (Lipinski definition) is 5. The van der Waals surface area contributed by atoms with Crippen LogP contribution in [0.5, 0.6) is 0 Å². The molecule has 0 saturated heterocycles. The van der Waals surface area contributed by atoms with E-state index in [4.69, 9.17) is 16.7 Å². The van der Waals surface area contributed by atoms with Gasteiger partial charge in [0, 0.05) is 19.8 Å². The number of aliphatic hydroxyl groups is 1. The monoisotopic (exact) mass is 306 g/mol. The molecule has 1 unspecified atom stereocenters. The molecule has 0 fully saturated rings. The Kier molecular flexibility index (Phi) is 5.36. The highest BCUT2D eigenvalue weighted by molar-refractivity contribution is 6.29. The van der Waals surface area contributed by atoms with Crippen molar-refractivity contribution in [2.45, 2.75) is 13.0 Å². The van der Waals surface area contributed by atoms with E-state index < -0.39 is 0 Å². The summed E-state index contributed by atoms with van der Waals surface area (Å²) < 4.78 is 0. The van der Waals surface area contributed by atoms with Crippen LogP contribution in [-0.4, -0.2) is 35.3 Å². The number of aromatic nitrogens is 2. The highest BCUT2D eigenvalue weighted by Gasteiger charge is 2.07. The van der Waals surface area contributed by atoms with Crippen LogP contribution in [0.2, 0.25) is 5.15 Å². The number of nitrogens with one attached hydrogen (secondary N) is 1. The zero-order chi connectivity index (χ0) is 15.2. The molecular weight excluding hydrogens is 288 g/mol. The number of anilines is 2. The van der Waals surface area contributed by atoms with Crippen LogP contribution < -0.4 is 10.2 Å². The molecule has 0 saturated carbocycles. The summed E-state index contributed by atoms with van der Waals surface area (Å²) in [7, 11) is 1.92. The minimum absolute atomic E-state index is 0.0824. The van der Waals surface area contributed by atoms with E-state index in [1.54, 1.807) is 12.4 Å². The first kappa shape index (κ1) is 15.5. The lowest BCUT2D eigenvalue weighted by Crippen LogP contribution is -2.21. The SMILES string of the molecule is CC(Nc1ccc(N(C)CCO)cn1)c1ccnc(Cl)c1. The van der Waals surface area contributed by atoms with Crippen molar-refractivity contribution in [3.05, 3.63) is 47.4 Å². The summed E-state index contributed by atoms with van der Waals surface area (Å²) >= 11 is 5.90. The van der Waals surface area contributed by atoms with E-state index in [2.05, 4.69) is 15.3 Å². The molecule has 0 aliphatic carbocycles. The highest BCUT2D eigenvalue weighted by atomic mass is 35.5. The van der Waals surface area contributed by atoms with Crippen LogP contribution >= 0.6 is 11.6 Å². The number of pyridine rings is 2. The van der Waals surface area contributed by atoms with Gasteiger partial charge >= 0.3 is 0 Å². The fourth-order valence-electron chi connectivity index (χ4n) is 1.97. The van der Waals surface area contributed by atoms with E-state index in [0.717, 1.165) is 17.1 Å². The van der Waals surface area contributed by atoms with Gasteiger partial charge in [-0.3, -0.25) is 0 Å². The molecule has 1 atom stereocenters. The van der Waals surface area contributed by atoms with E-state index in [9.17, 15) is 0 Å². The lowest BCUT2D eigenvalue weighted by atomic mass is 10.1. The molecule has 6 heteroatoms. The predicted octanol–water partition coefficient (Wildman–Crippen LogP) is 2.73. The summed E-state index contributed by atoms with van der Waals surface area (Å²) in [5, 5.41) is 12.7. The van der Waals surface area contributed by atoms with Crippen molar-refractivity contribution in [2.75, 3.05) is 30.4 Å². The van der Waals surface area contributed by atoms with Crippen molar-refractivity contribution < 1.29 is 5.11 Å². The minimum atomic E-state index is 0.0824. The third-order valence-corrected chi connectivity index (χ3v) is 3.45. The number of rotatable bonds is 6. The lowest BCUT2D eigenvalue weighted by molar-refractivity contribution is 0.304. The maximum Gasteiger partial charge on any atom is 0.129 e. The van der Waals surface area contributed by atoms with E-state index in [1.807, 2.05) is 43.1 Å². The second-order valence-corrected chi connectivity index (χ2v) is 5.21. The smallest absolute Gasteiger partial charge is 0.129 e. The number of likely N-dealkylation sites (N-methyl/N-ethyl adjacent to an activating group) is 1. The largest absolute Gasteiger partial charge is 0.395 e. The van der Waals surface area contributed by atoms with Crippen molar-refractivity contribution in [2.24, 2.45) is 0 Å². The molecular formula is C15H19ClN4O. The van der Waals surface area contributed by atoms with Crippen LogP contribution in [0.4, 0.5) is 11.5 Å². The first-order valence-electron chi connectivity index (χ1n) is 6.76. The maximum atomic E-state index is 8.93. The molecule has 0 radical (unpaired) electrons. The van der Waals surface area contributed by atoms with Gasteiger partial charge in [-0.05, 0) is 36.8 Å². The second kappa shape index (κ2) is 7.24. The Balaban J connectivity index is 2.03. The minimum Gasteiger partial charge on any atom is -0.395 e. The predicted molar refractivity (Wildman–Crippen MR) is 85.9 cm³/mol. The summed E-state index contributed by atoms with van der Waals surface area (Å²) in [6, 6.07) is 7.73. The van der Waals surface area contributed by atoms with Gasteiger partial charge in [-0.15, -0.1) is 0 Å². The average molecular weight is 307 g/mol. The molecule has 112 valence electrons. The van der Waals surface area contributed by atoms with Gasteiger partial charge in [-0.1, -0.05) is 11.6 Å². The van der Waals surface area contributed by atoms with Crippen LogP contribution in [0.3, 0.4) is 0 Å².